The van der Waals surface area contributed by atoms with E-state index in [1.807, 2.05) is 31.2 Å². The third kappa shape index (κ3) is 4.47. The molecule has 1 heterocycles. The van der Waals surface area contributed by atoms with Crippen LogP contribution >= 0.6 is 11.8 Å². The van der Waals surface area contributed by atoms with Crippen molar-refractivity contribution in [2.24, 2.45) is 0 Å². The molecular weight excluding hydrogens is 368 g/mol. The molecule has 0 spiro atoms. The zero-order valence-corrected chi connectivity index (χ0v) is 16.3. The second-order valence-electron chi connectivity index (χ2n) is 6.23. The van der Waals surface area contributed by atoms with Gasteiger partial charge in [-0.25, -0.2) is 8.42 Å². The first kappa shape index (κ1) is 18.9. The number of carbonyl (C=O) groups is 1. The van der Waals surface area contributed by atoms with E-state index in [0.717, 1.165) is 29.0 Å². The molecule has 0 aromatic heterocycles. The normalized spacial score (nSPS) is 15.1. The molecule has 26 heavy (non-hydrogen) atoms. The summed E-state index contributed by atoms with van der Waals surface area (Å²) in [5.74, 6) is 0.185. The van der Waals surface area contributed by atoms with E-state index in [4.69, 9.17) is 0 Å². The maximum Gasteiger partial charge on any atom is 0.243 e. The fraction of sp³-hybridized carbons (Fsp3) is 0.316. The van der Waals surface area contributed by atoms with Gasteiger partial charge < -0.3 is 5.32 Å². The van der Waals surface area contributed by atoms with Crippen LogP contribution in [0.25, 0.3) is 0 Å². The number of anilines is 1. The van der Waals surface area contributed by atoms with E-state index in [1.54, 1.807) is 24.3 Å². The highest BCUT2D eigenvalue weighted by Gasteiger charge is 2.26. The molecule has 3 rings (SSSR count). The minimum Gasteiger partial charge on any atom is -0.325 e. The minimum absolute atomic E-state index is 0.0851. The number of amides is 1. The molecule has 7 heteroatoms. The lowest BCUT2D eigenvalue weighted by Gasteiger charge is -2.15. The van der Waals surface area contributed by atoms with Gasteiger partial charge in [-0.2, -0.15) is 4.31 Å². The van der Waals surface area contributed by atoms with Crippen LogP contribution in [0.4, 0.5) is 5.69 Å². The SMILES string of the molecule is Cc1ccccc1NC(=O)CSc1ccc(S(=O)(=O)N2CCCC2)cc1. The van der Waals surface area contributed by atoms with Crippen LogP contribution in [-0.2, 0) is 14.8 Å². The molecule has 0 unspecified atom stereocenters. The number of benzene rings is 2. The Labute approximate surface area is 158 Å². The summed E-state index contributed by atoms with van der Waals surface area (Å²) in [5, 5.41) is 2.89. The van der Waals surface area contributed by atoms with Crippen molar-refractivity contribution in [3.05, 3.63) is 54.1 Å². The zero-order valence-electron chi connectivity index (χ0n) is 14.6. The van der Waals surface area contributed by atoms with E-state index in [-0.39, 0.29) is 11.7 Å². The number of thioether (sulfide) groups is 1. The number of hydrogen-bond acceptors (Lipinski definition) is 4. The van der Waals surface area contributed by atoms with Crippen LogP contribution in [0.5, 0.6) is 0 Å². The van der Waals surface area contributed by atoms with E-state index in [0.29, 0.717) is 18.0 Å². The first-order chi connectivity index (χ1) is 12.5. The van der Waals surface area contributed by atoms with Crippen LogP contribution in [0.1, 0.15) is 18.4 Å². The quantitative estimate of drug-likeness (QED) is 0.767. The maximum atomic E-state index is 12.5. The fourth-order valence-corrected chi connectivity index (χ4v) is 5.05. The molecule has 0 aliphatic carbocycles. The average Bonchev–Trinajstić information content (AvgIpc) is 3.18. The Morgan fingerprint density at radius 2 is 1.73 bits per heavy atom. The third-order valence-electron chi connectivity index (χ3n) is 4.32. The van der Waals surface area contributed by atoms with Crippen molar-refractivity contribution in [1.29, 1.82) is 0 Å². The van der Waals surface area contributed by atoms with Gasteiger partial charge in [0.2, 0.25) is 15.9 Å². The van der Waals surface area contributed by atoms with E-state index >= 15 is 0 Å². The highest BCUT2D eigenvalue weighted by atomic mass is 32.2. The summed E-state index contributed by atoms with van der Waals surface area (Å²) in [6, 6.07) is 14.4. The number of hydrogen-bond donors (Lipinski definition) is 1. The second-order valence-corrected chi connectivity index (χ2v) is 9.22. The van der Waals surface area contributed by atoms with Crippen LogP contribution in [0, 0.1) is 6.92 Å². The smallest absolute Gasteiger partial charge is 0.243 e. The van der Waals surface area contributed by atoms with Crippen LogP contribution < -0.4 is 5.32 Å². The summed E-state index contributed by atoms with van der Waals surface area (Å²) in [4.78, 5) is 13.3. The Morgan fingerprint density at radius 1 is 1.08 bits per heavy atom. The number of rotatable bonds is 6. The summed E-state index contributed by atoms with van der Waals surface area (Å²) >= 11 is 1.38. The lowest BCUT2D eigenvalue weighted by Crippen LogP contribution is -2.27. The summed E-state index contributed by atoms with van der Waals surface area (Å²) in [6.07, 6.45) is 1.84. The van der Waals surface area contributed by atoms with Gasteiger partial charge in [-0.1, -0.05) is 18.2 Å². The highest BCUT2D eigenvalue weighted by molar-refractivity contribution is 8.00. The molecular formula is C19H22N2O3S2. The van der Waals surface area contributed by atoms with Crippen molar-refractivity contribution >= 4 is 33.4 Å². The van der Waals surface area contributed by atoms with E-state index in [1.165, 1.54) is 16.1 Å². The standard InChI is InChI=1S/C19H22N2O3S2/c1-15-6-2-3-7-18(15)20-19(22)14-25-16-8-10-17(11-9-16)26(23,24)21-12-4-5-13-21/h2-3,6-11H,4-5,12-14H2,1H3,(H,20,22). The lowest BCUT2D eigenvalue weighted by atomic mass is 10.2. The van der Waals surface area contributed by atoms with Crippen LogP contribution in [0.15, 0.2) is 58.3 Å². The van der Waals surface area contributed by atoms with Gasteiger partial charge in [0, 0.05) is 23.7 Å². The topological polar surface area (TPSA) is 66.5 Å². The Kier molecular flexibility index (Phi) is 6.01. The average molecular weight is 391 g/mol. The van der Waals surface area contributed by atoms with Crippen LogP contribution in [0.3, 0.4) is 0 Å². The number of para-hydroxylation sites is 1. The van der Waals surface area contributed by atoms with Crippen molar-refractivity contribution in [1.82, 2.24) is 4.31 Å². The first-order valence-electron chi connectivity index (χ1n) is 8.55. The molecule has 0 bridgehead atoms. The summed E-state index contributed by atoms with van der Waals surface area (Å²) in [6.45, 7) is 3.14. The van der Waals surface area contributed by atoms with Gasteiger partial charge in [0.1, 0.15) is 0 Å². The molecule has 1 aliphatic rings. The third-order valence-corrected chi connectivity index (χ3v) is 7.24. The number of aryl methyl sites for hydroxylation is 1. The van der Waals surface area contributed by atoms with Gasteiger partial charge in [0.05, 0.1) is 10.6 Å². The molecule has 138 valence electrons. The first-order valence-corrected chi connectivity index (χ1v) is 11.0. The van der Waals surface area contributed by atoms with Crippen LogP contribution in [0.2, 0.25) is 0 Å². The minimum atomic E-state index is -3.39. The molecule has 0 radical (unpaired) electrons. The van der Waals surface area contributed by atoms with Gasteiger partial charge >= 0.3 is 0 Å². The molecule has 0 atom stereocenters. The Balaban J connectivity index is 1.57. The molecule has 1 N–H and O–H groups in total. The fourth-order valence-electron chi connectivity index (χ4n) is 2.83. The highest BCUT2D eigenvalue weighted by Crippen LogP contribution is 2.24. The maximum absolute atomic E-state index is 12.5. The molecule has 1 amide bonds. The number of carbonyl (C=O) groups excluding carboxylic acids is 1. The largest absolute Gasteiger partial charge is 0.325 e. The molecule has 1 fully saturated rings. The lowest BCUT2D eigenvalue weighted by molar-refractivity contribution is -0.113. The Hall–Kier alpha value is -1.83. The monoisotopic (exact) mass is 390 g/mol. The second kappa shape index (κ2) is 8.24. The Bertz CT molecular complexity index is 874. The predicted octanol–water partition coefficient (Wildman–Crippen LogP) is 3.51. The van der Waals surface area contributed by atoms with Crippen molar-refractivity contribution in [3.8, 4) is 0 Å². The van der Waals surface area contributed by atoms with Crippen LogP contribution in [-0.4, -0.2) is 37.5 Å². The van der Waals surface area contributed by atoms with Crippen molar-refractivity contribution < 1.29 is 13.2 Å². The summed E-state index contributed by atoms with van der Waals surface area (Å²) < 4.78 is 26.5. The van der Waals surface area contributed by atoms with E-state index in [2.05, 4.69) is 5.32 Å². The van der Waals surface area contributed by atoms with Crippen molar-refractivity contribution in [2.75, 3.05) is 24.2 Å². The number of nitrogens with one attached hydrogen (secondary N) is 1. The molecule has 1 saturated heterocycles. The van der Waals surface area contributed by atoms with Gasteiger partial charge in [-0.15, -0.1) is 11.8 Å². The summed E-state index contributed by atoms with van der Waals surface area (Å²) in [7, 11) is -3.39. The molecule has 5 nitrogen and oxygen atoms in total. The van der Waals surface area contributed by atoms with Gasteiger partial charge in [0.25, 0.3) is 0 Å². The number of nitrogens with zero attached hydrogens (tertiary/aromatic N) is 1. The van der Waals surface area contributed by atoms with Gasteiger partial charge in [0.15, 0.2) is 0 Å². The van der Waals surface area contributed by atoms with E-state index < -0.39 is 10.0 Å². The Morgan fingerprint density at radius 3 is 2.38 bits per heavy atom. The molecule has 2 aromatic rings. The molecule has 2 aromatic carbocycles. The summed E-state index contributed by atoms with van der Waals surface area (Å²) in [5.41, 5.74) is 1.83. The zero-order chi connectivity index (χ0) is 18.6. The van der Waals surface area contributed by atoms with Gasteiger partial charge in [-0.3, -0.25) is 4.79 Å². The van der Waals surface area contributed by atoms with Crippen molar-refractivity contribution in [3.63, 3.8) is 0 Å². The molecule has 0 saturated carbocycles. The molecule has 1 aliphatic heterocycles. The van der Waals surface area contributed by atoms with Crippen molar-refractivity contribution in [2.45, 2.75) is 29.6 Å². The van der Waals surface area contributed by atoms with Gasteiger partial charge in [-0.05, 0) is 55.7 Å². The number of sulfonamides is 1. The van der Waals surface area contributed by atoms with E-state index in [9.17, 15) is 13.2 Å². The predicted molar refractivity (Wildman–Crippen MR) is 105 cm³/mol.